The van der Waals surface area contributed by atoms with E-state index in [1.165, 1.54) is 0 Å². The molecule has 2 aromatic carbocycles. The Morgan fingerprint density at radius 3 is 2.73 bits per heavy atom. The Balaban J connectivity index is 2.04. The first-order valence-corrected chi connectivity index (χ1v) is 7.47. The summed E-state index contributed by atoms with van der Waals surface area (Å²) in [4.78, 5) is 12.2. The topological polar surface area (TPSA) is 61.4 Å². The Kier molecular flexibility index (Phi) is 5.66. The zero-order chi connectivity index (χ0) is 16.1. The monoisotopic (exact) mass is 338 g/mol. The molecule has 1 unspecified atom stereocenters. The first-order chi connectivity index (χ1) is 10.5. The van der Waals surface area contributed by atoms with Crippen LogP contribution >= 0.6 is 23.2 Å². The number of carbonyl (C=O) groups is 1. The van der Waals surface area contributed by atoms with Crippen molar-refractivity contribution in [2.45, 2.75) is 19.6 Å². The SMILES string of the molecule is CC(Nc1cccc(CO)c1)C(=O)Nc1cc(Cl)ccc1Cl. The van der Waals surface area contributed by atoms with Crippen LogP contribution in [0.1, 0.15) is 12.5 Å². The lowest BCUT2D eigenvalue weighted by Gasteiger charge is -2.16. The van der Waals surface area contributed by atoms with E-state index in [2.05, 4.69) is 10.6 Å². The molecular formula is C16H16Cl2N2O2. The molecule has 1 amide bonds. The molecule has 0 heterocycles. The van der Waals surface area contributed by atoms with Crippen LogP contribution in [-0.2, 0) is 11.4 Å². The van der Waals surface area contributed by atoms with Crippen molar-refractivity contribution in [3.63, 3.8) is 0 Å². The maximum Gasteiger partial charge on any atom is 0.246 e. The largest absolute Gasteiger partial charge is 0.392 e. The van der Waals surface area contributed by atoms with Crippen molar-refractivity contribution in [2.75, 3.05) is 10.6 Å². The van der Waals surface area contributed by atoms with E-state index >= 15 is 0 Å². The van der Waals surface area contributed by atoms with Gasteiger partial charge in [-0.15, -0.1) is 0 Å². The molecule has 116 valence electrons. The van der Waals surface area contributed by atoms with E-state index in [1.54, 1.807) is 31.2 Å². The lowest BCUT2D eigenvalue weighted by atomic mass is 10.2. The number of amides is 1. The zero-order valence-corrected chi connectivity index (χ0v) is 13.4. The van der Waals surface area contributed by atoms with E-state index in [4.69, 9.17) is 28.3 Å². The standard InChI is InChI=1S/C16H16Cl2N2O2/c1-10(19-13-4-2-3-11(7-13)9-21)16(22)20-15-8-12(17)5-6-14(15)18/h2-8,10,19,21H,9H2,1H3,(H,20,22). The number of halogens is 2. The molecule has 22 heavy (non-hydrogen) atoms. The third-order valence-electron chi connectivity index (χ3n) is 3.07. The Bertz CT molecular complexity index is 677. The fourth-order valence-electron chi connectivity index (χ4n) is 1.91. The lowest BCUT2D eigenvalue weighted by molar-refractivity contribution is -0.116. The molecule has 1 atom stereocenters. The van der Waals surface area contributed by atoms with Gasteiger partial charge in [-0.25, -0.2) is 0 Å². The molecule has 0 spiro atoms. The third kappa shape index (κ3) is 4.37. The lowest BCUT2D eigenvalue weighted by Crippen LogP contribution is -2.32. The molecule has 3 N–H and O–H groups in total. The molecule has 0 aliphatic carbocycles. The van der Waals surface area contributed by atoms with Crippen LogP contribution in [0.5, 0.6) is 0 Å². The maximum absolute atomic E-state index is 12.2. The summed E-state index contributed by atoms with van der Waals surface area (Å²) in [5.74, 6) is -0.237. The molecular weight excluding hydrogens is 323 g/mol. The van der Waals surface area contributed by atoms with Gasteiger partial charge < -0.3 is 15.7 Å². The molecule has 6 heteroatoms. The first-order valence-electron chi connectivity index (χ1n) is 6.72. The summed E-state index contributed by atoms with van der Waals surface area (Å²) in [5, 5.41) is 15.8. The summed E-state index contributed by atoms with van der Waals surface area (Å²) in [6.07, 6.45) is 0. The number of aliphatic hydroxyl groups is 1. The van der Waals surface area contributed by atoms with Gasteiger partial charge in [0.1, 0.15) is 6.04 Å². The van der Waals surface area contributed by atoms with Gasteiger partial charge in [-0.3, -0.25) is 4.79 Å². The summed E-state index contributed by atoms with van der Waals surface area (Å²) in [7, 11) is 0. The minimum Gasteiger partial charge on any atom is -0.392 e. The molecule has 0 saturated carbocycles. The smallest absolute Gasteiger partial charge is 0.246 e. The molecule has 0 aliphatic heterocycles. The summed E-state index contributed by atoms with van der Waals surface area (Å²) in [6.45, 7) is 1.69. The number of hydrogen-bond acceptors (Lipinski definition) is 3. The van der Waals surface area contributed by atoms with Gasteiger partial charge in [0.25, 0.3) is 0 Å². The van der Waals surface area contributed by atoms with E-state index in [9.17, 15) is 4.79 Å². The number of nitrogens with one attached hydrogen (secondary N) is 2. The molecule has 0 radical (unpaired) electrons. The maximum atomic E-state index is 12.2. The highest BCUT2D eigenvalue weighted by Crippen LogP contribution is 2.25. The molecule has 2 rings (SSSR count). The fourth-order valence-corrected chi connectivity index (χ4v) is 2.25. The van der Waals surface area contributed by atoms with E-state index < -0.39 is 6.04 Å². The first kappa shape index (κ1) is 16.6. The quantitative estimate of drug-likeness (QED) is 0.774. The van der Waals surface area contributed by atoms with Gasteiger partial charge in [-0.1, -0.05) is 35.3 Å². The van der Waals surface area contributed by atoms with Crippen LogP contribution in [0.2, 0.25) is 10.0 Å². The summed E-state index contributed by atoms with van der Waals surface area (Å²) >= 11 is 11.9. The van der Waals surface area contributed by atoms with Crippen molar-refractivity contribution < 1.29 is 9.90 Å². The van der Waals surface area contributed by atoms with Crippen LogP contribution in [0.25, 0.3) is 0 Å². The molecule has 0 bridgehead atoms. The minimum absolute atomic E-state index is 0.0474. The second kappa shape index (κ2) is 7.49. The minimum atomic E-state index is -0.482. The van der Waals surface area contributed by atoms with Crippen LogP contribution in [0.4, 0.5) is 11.4 Å². The normalized spacial score (nSPS) is 11.8. The molecule has 2 aromatic rings. The Labute approximate surface area is 139 Å². The number of carbonyl (C=O) groups excluding carboxylic acids is 1. The number of aliphatic hydroxyl groups excluding tert-OH is 1. The highest BCUT2D eigenvalue weighted by atomic mass is 35.5. The van der Waals surface area contributed by atoms with E-state index in [0.717, 1.165) is 11.3 Å². The predicted octanol–water partition coefficient (Wildman–Crippen LogP) is 3.92. The highest BCUT2D eigenvalue weighted by Gasteiger charge is 2.14. The van der Waals surface area contributed by atoms with Gasteiger partial charge in [-0.05, 0) is 42.8 Å². The number of rotatable bonds is 5. The summed E-state index contributed by atoms with van der Waals surface area (Å²) in [5.41, 5.74) is 2.00. The number of benzene rings is 2. The molecule has 0 aromatic heterocycles. The predicted molar refractivity (Wildman–Crippen MR) is 90.5 cm³/mol. The van der Waals surface area contributed by atoms with Crippen LogP contribution in [0.15, 0.2) is 42.5 Å². The van der Waals surface area contributed by atoms with Crippen molar-refractivity contribution in [1.29, 1.82) is 0 Å². The number of hydrogen-bond donors (Lipinski definition) is 3. The van der Waals surface area contributed by atoms with Crippen LogP contribution in [0.3, 0.4) is 0 Å². The Morgan fingerprint density at radius 1 is 1.23 bits per heavy atom. The van der Waals surface area contributed by atoms with E-state index in [0.29, 0.717) is 15.7 Å². The highest BCUT2D eigenvalue weighted by molar-refractivity contribution is 6.35. The summed E-state index contributed by atoms with van der Waals surface area (Å²) < 4.78 is 0. The molecule has 0 saturated heterocycles. The van der Waals surface area contributed by atoms with Crippen molar-refractivity contribution >= 4 is 40.5 Å². The number of anilines is 2. The van der Waals surface area contributed by atoms with E-state index in [-0.39, 0.29) is 12.5 Å². The third-order valence-corrected chi connectivity index (χ3v) is 3.64. The second-order valence-corrected chi connectivity index (χ2v) is 5.68. The van der Waals surface area contributed by atoms with Gasteiger partial charge in [-0.2, -0.15) is 0 Å². The van der Waals surface area contributed by atoms with Crippen LogP contribution in [-0.4, -0.2) is 17.1 Å². The zero-order valence-electron chi connectivity index (χ0n) is 11.9. The van der Waals surface area contributed by atoms with Gasteiger partial charge in [0.2, 0.25) is 5.91 Å². The molecule has 4 nitrogen and oxygen atoms in total. The summed E-state index contributed by atoms with van der Waals surface area (Å²) in [6, 6.07) is 11.6. The second-order valence-electron chi connectivity index (χ2n) is 4.84. The Morgan fingerprint density at radius 2 is 2.00 bits per heavy atom. The van der Waals surface area contributed by atoms with Crippen molar-refractivity contribution in [3.8, 4) is 0 Å². The average Bonchev–Trinajstić information content (AvgIpc) is 2.51. The van der Waals surface area contributed by atoms with E-state index in [1.807, 2.05) is 18.2 Å². The fraction of sp³-hybridized carbons (Fsp3) is 0.188. The van der Waals surface area contributed by atoms with Gasteiger partial charge >= 0.3 is 0 Å². The van der Waals surface area contributed by atoms with Gasteiger partial charge in [0.15, 0.2) is 0 Å². The van der Waals surface area contributed by atoms with Gasteiger partial charge in [0.05, 0.1) is 17.3 Å². The van der Waals surface area contributed by atoms with Crippen molar-refractivity contribution in [2.24, 2.45) is 0 Å². The van der Waals surface area contributed by atoms with Crippen molar-refractivity contribution in [1.82, 2.24) is 0 Å². The molecule has 0 fully saturated rings. The van der Waals surface area contributed by atoms with Crippen LogP contribution < -0.4 is 10.6 Å². The molecule has 0 aliphatic rings. The average molecular weight is 339 g/mol. The Hall–Kier alpha value is -1.75. The van der Waals surface area contributed by atoms with Gasteiger partial charge in [0, 0.05) is 10.7 Å². The van der Waals surface area contributed by atoms with Crippen LogP contribution in [0, 0.1) is 0 Å². The van der Waals surface area contributed by atoms with Crippen molar-refractivity contribution in [3.05, 3.63) is 58.1 Å².